The summed E-state index contributed by atoms with van der Waals surface area (Å²) in [6, 6.07) is 14.7. The van der Waals surface area contributed by atoms with Crippen molar-refractivity contribution in [1.29, 1.82) is 0 Å². The Kier molecular flexibility index (Phi) is 6.22. The first-order valence-corrected chi connectivity index (χ1v) is 9.96. The van der Waals surface area contributed by atoms with Gasteiger partial charge in [0.15, 0.2) is 0 Å². The Labute approximate surface area is 169 Å². The third kappa shape index (κ3) is 4.83. The van der Waals surface area contributed by atoms with Gasteiger partial charge in [-0.15, -0.1) is 0 Å². The van der Waals surface area contributed by atoms with E-state index in [4.69, 9.17) is 9.47 Å². The summed E-state index contributed by atoms with van der Waals surface area (Å²) >= 11 is 0. The predicted molar refractivity (Wildman–Crippen MR) is 109 cm³/mol. The number of benzene rings is 2. The number of fused-ring (bicyclic) bond motifs is 1. The summed E-state index contributed by atoms with van der Waals surface area (Å²) < 4.78 is 25.0. The maximum absolute atomic E-state index is 13.7. The summed E-state index contributed by atoms with van der Waals surface area (Å²) in [5, 5.41) is 1.17. The number of amides is 1. The minimum atomic E-state index is -0.272. The second kappa shape index (κ2) is 9.20. The van der Waals surface area contributed by atoms with Gasteiger partial charge < -0.3 is 19.4 Å². The number of aryl methyl sites for hydroxylation is 1. The zero-order valence-electron chi connectivity index (χ0n) is 16.3. The van der Waals surface area contributed by atoms with Gasteiger partial charge in [0.2, 0.25) is 5.91 Å². The van der Waals surface area contributed by atoms with Crippen molar-refractivity contribution in [1.82, 2.24) is 9.88 Å². The molecule has 6 heteroatoms. The van der Waals surface area contributed by atoms with Crippen molar-refractivity contribution in [2.45, 2.75) is 25.6 Å². The van der Waals surface area contributed by atoms with Crippen LogP contribution in [0.2, 0.25) is 0 Å². The number of carbonyl (C=O) groups is 1. The molecule has 1 aliphatic heterocycles. The van der Waals surface area contributed by atoms with E-state index in [1.807, 2.05) is 29.3 Å². The number of aromatic amines is 1. The Morgan fingerprint density at radius 2 is 2.00 bits per heavy atom. The lowest BCUT2D eigenvalue weighted by Crippen LogP contribution is -2.47. The van der Waals surface area contributed by atoms with Gasteiger partial charge in [0.05, 0.1) is 25.9 Å². The molecule has 5 nitrogen and oxygen atoms in total. The third-order valence-electron chi connectivity index (χ3n) is 5.29. The quantitative estimate of drug-likeness (QED) is 0.663. The van der Waals surface area contributed by atoms with Crippen molar-refractivity contribution < 1.29 is 18.7 Å². The van der Waals surface area contributed by atoms with E-state index < -0.39 is 0 Å². The van der Waals surface area contributed by atoms with E-state index in [1.54, 1.807) is 18.2 Å². The second-order valence-electron chi connectivity index (χ2n) is 7.30. The van der Waals surface area contributed by atoms with Crippen molar-refractivity contribution >= 4 is 16.8 Å². The molecule has 0 bridgehead atoms. The van der Waals surface area contributed by atoms with E-state index >= 15 is 0 Å². The molecular formula is C23H25FN2O3. The number of hydrogen-bond acceptors (Lipinski definition) is 3. The number of rotatable bonds is 7. The number of nitrogens with one attached hydrogen (secondary N) is 1. The summed E-state index contributed by atoms with van der Waals surface area (Å²) in [5.41, 5.74) is 2.77. The molecule has 1 amide bonds. The van der Waals surface area contributed by atoms with Crippen molar-refractivity contribution in [2.75, 3.05) is 26.3 Å². The molecule has 4 rings (SSSR count). The second-order valence-corrected chi connectivity index (χ2v) is 7.30. The Morgan fingerprint density at radius 1 is 1.17 bits per heavy atom. The zero-order valence-corrected chi connectivity index (χ0v) is 16.3. The van der Waals surface area contributed by atoms with Gasteiger partial charge in [-0.1, -0.05) is 36.4 Å². The number of nitrogens with zero attached hydrogens (tertiary/aromatic N) is 1. The minimum absolute atomic E-state index is 0.123. The summed E-state index contributed by atoms with van der Waals surface area (Å²) in [6.45, 7) is 2.12. The van der Waals surface area contributed by atoms with Crippen LogP contribution in [-0.4, -0.2) is 48.2 Å². The van der Waals surface area contributed by atoms with Gasteiger partial charge in [0, 0.05) is 42.2 Å². The Hall–Kier alpha value is -2.70. The molecule has 1 aliphatic rings. The summed E-state index contributed by atoms with van der Waals surface area (Å²) in [7, 11) is 0. The highest BCUT2D eigenvalue weighted by molar-refractivity contribution is 5.84. The molecule has 0 radical (unpaired) electrons. The standard InChI is InChI=1S/C23H25FN2O3/c24-21-7-3-1-5-18(21)15-28-16-19-14-26(11-12-29-19)23(27)10-9-17-13-25-22-8-4-2-6-20(17)22/h1-8,13,19,25H,9-12,14-16H2. The number of para-hydroxylation sites is 1. The average molecular weight is 396 g/mol. The van der Waals surface area contributed by atoms with Crippen molar-refractivity contribution in [3.63, 3.8) is 0 Å². The summed E-state index contributed by atoms with van der Waals surface area (Å²) in [5.74, 6) is -0.149. The Balaban J connectivity index is 1.25. The van der Waals surface area contributed by atoms with E-state index in [-0.39, 0.29) is 24.4 Å². The molecule has 29 heavy (non-hydrogen) atoms. The highest BCUT2D eigenvalue weighted by atomic mass is 19.1. The summed E-state index contributed by atoms with van der Waals surface area (Å²) in [4.78, 5) is 17.8. The fourth-order valence-electron chi connectivity index (χ4n) is 3.70. The van der Waals surface area contributed by atoms with Crippen LogP contribution in [0.1, 0.15) is 17.5 Å². The van der Waals surface area contributed by atoms with Crippen LogP contribution in [0.25, 0.3) is 10.9 Å². The average Bonchev–Trinajstić information content (AvgIpc) is 3.17. The van der Waals surface area contributed by atoms with Crippen LogP contribution in [0.3, 0.4) is 0 Å². The first kappa shape index (κ1) is 19.6. The number of halogens is 1. The van der Waals surface area contributed by atoms with Crippen LogP contribution >= 0.6 is 0 Å². The van der Waals surface area contributed by atoms with Crippen molar-refractivity contribution in [2.24, 2.45) is 0 Å². The van der Waals surface area contributed by atoms with Crippen LogP contribution in [0, 0.1) is 5.82 Å². The smallest absolute Gasteiger partial charge is 0.223 e. The monoisotopic (exact) mass is 396 g/mol. The van der Waals surface area contributed by atoms with E-state index in [2.05, 4.69) is 11.1 Å². The van der Waals surface area contributed by atoms with Gasteiger partial charge in [-0.3, -0.25) is 4.79 Å². The van der Waals surface area contributed by atoms with Crippen molar-refractivity contribution in [3.8, 4) is 0 Å². The molecule has 1 unspecified atom stereocenters. The molecular weight excluding hydrogens is 371 g/mol. The minimum Gasteiger partial charge on any atom is -0.374 e. The first-order valence-electron chi connectivity index (χ1n) is 9.96. The van der Waals surface area contributed by atoms with Crippen LogP contribution in [0.5, 0.6) is 0 Å². The molecule has 2 aromatic carbocycles. The highest BCUT2D eigenvalue weighted by Gasteiger charge is 2.24. The first-order chi connectivity index (χ1) is 14.2. The fraction of sp³-hybridized carbons (Fsp3) is 0.348. The maximum atomic E-state index is 13.7. The molecule has 1 saturated heterocycles. The van der Waals surface area contributed by atoms with Gasteiger partial charge in [-0.25, -0.2) is 4.39 Å². The van der Waals surface area contributed by atoms with Crippen LogP contribution < -0.4 is 0 Å². The highest BCUT2D eigenvalue weighted by Crippen LogP contribution is 2.20. The van der Waals surface area contributed by atoms with E-state index in [1.165, 1.54) is 11.5 Å². The lowest BCUT2D eigenvalue weighted by molar-refractivity contribution is -0.141. The SMILES string of the molecule is O=C(CCc1c[nH]c2ccccc12)N1CCOC(COCc2ccccc2F)C1. The number of carbonyl (C=O) groups excluding carboxylic acids is 1. The fourth-order valence-corrected chi connectivity index (χ4v) is 3.70. The number of morpholine rings is 1. The normalized spacial score (nSPS) is 17.0. The zero-order chi connectivity index (χ0) is 20.1. The van der Waals surface area contributed by atoms with Crippen LogP contribution in [0.15, 0.2) is 54.7 Å². The predicted octanol–water partition coefficient (Wildman–Crippen LogP) is 3.68. The molecule has 0 aliphatic carbocycles. The van der Waals surface area contributed by atoms with Crippen LogP contribution in [-0.2, 0) is 27.3 Å². The largest absolute Gasteiger partial charge is 0.374 e. The molecule has 2 heterocycles. The van der Waals surface area contributed by atoms with Crippen molar-refractivity contribution in [3.05, 3.63) is 71.7 Å². The van der Waals surface area contributed by atoms with E-state index in [9.17, 15) is 9.18 Å². The molecule has 152 valence electrons. The van der Waals surface area contributed by atoms with Gasteiger partial charge in [-0.2, -0.15) is 0 Å². The molecule has 1 aromatic heterocycles. The number of H-pyrrole nitrogens is 1. The van der Waals surface area contributed by atoms with Gasteiger partial charge in [-0.05, 0) is 24.1 Å². The molecule has 3 aromatic rings. The molecule has 1 atom stereocenters. The van der Waals surface area contributed by atoms with E-state index in [0.717, 1.165) is 11.1 Å². The topological polar surface area (TPSA) is 54.6 Å². The number of ether oxygens (including phenoxy) is 2. The Bertz CT molecular complexity index is 971. The van der Waals surface area contributed by atoms with Crippen LogP contribution in [0.4, 0.5) is 4.39 Å². The molecule has 1 N–H and O–H groups in total. The molecule has 1 fully saturated rings. The molecule has 0 spiro atoms. The third-order valence-corrected chi connectivity index (χ3v) is 5.29. The molecule has 0 saturated carbocycles. The number of hydrogen-bond donors (Lipinski definition) is 1. The van der Waals surface area contributed by atoms with E-state index in [0.29, 0.717) is 44.7 Å². The lowest BCUT2D eigenvalue weighted by atomic mass is 10.1. The number of aromatic nitrogens is 1. The van der Waals surface area contributed by atoms with Gasteiger partial charge in [0.1, 0.15) is 5.82 Å². The van der Waals surface area contributed by atoms with Gasteiger partial charge >= 0.3 is 0 Å². The lowest BCUT2D eigenvalue weighted by Gasteiger charge is -2.33. The maximum Gasteiger partial charge on any atom is 0.223 e. The summed E-state index contributed by atoms with van der Waals surface area (Å²) in [6.07, 6.45) is 2.96. The Morgan fingerprint density at radius 3 is 2.90 bits per heavy atom. The van der Waals surface area contributed by atoms with Gasteiger partial charge in [0.25, 0.3) is 0 Å².